The number of nitrogens with one attached hydrogen (secondary N) is 1. The van der Waals surface area contributed by atoms with Crippen LogP contribution in [0.4, 0.5) is 0 Å². The van der Waals surface area contributed by atoms with Crippen molar-refractivity contribution in [3.8, 4) is 0 Å². The fraction of sp³-hybridized carbons (Fsp3) is 1.00. The van der Waals surface area contributed by atoms with Crippen molar-refractivity contribution in [1.82, 2.24) is 5.32 Å². The fourth-order valence-electron chi connectivity index (χ4n) is 1.66. The quantitative estimate of drug-likeness (QED) is 0.568. The SMILES string of the molecule is CC(O)C(O)CC1CCNCC1. The Hall–Kier alpha value is -0.120. The van der Waals surface area contributed by atoms with E-state index >= 15 is 0 Å². The normalized spacial score (nSPS) is 25.2. The molecule has 2 unspecified atom stereocenters. The summed E-state index contributed by atoms with van der Waals surface area (Å²) in [5.41, 5.74) is 0. The van der Waals surface area contributed by atoms with Crippen LogP contribution < -0.4 is 5.32 Å². The second kappa shape index (κ2) is 4.80. The molecule has 1 aliphatic heterocycles. The first kappa shape index (κ1) is 9.96. The second-order valence-electron chi connectivity index (χ2n) is 3.74. The van der Waals surface area contributed by atoms with Crippen LogP contribution in [0.5, 0.6) is 0 Å². The van der Waals surface area contributed by atoms with Crippen molar-refractivity contribution in [3.05, 3.63) is 0 Å². The van der Waals surface area contributed by atoms with Gasteiger partial charge in [0.2, 0.25) is 0 Å². The molecule has 1 aliphatic rings. The maximum Gasteiger partial charge on any atom is 0.0799 e. The molecule has 0 radical (unpaired) electrons. The summed E-state index contributed by atoms with van der Waals surface area (Å²) in [6.45, 7) is 3.75. The zero-order valence-electron chi connectivity index (χ0n) is 7.66. The minimum Gasteiger partial charge on any atom is -0.391 e. The first-order chi connectivity index (χ1) is 5.70. The van der Waals surface area contributed by atoms with Crippen molar-refractivity contribution in [3.63, 3.8) is 0 Å². The Kier molecular flexibility index (Phi) is 3.98. The van der Waals surface area contributed by atoms with Gasteiger partial charge in [-0.1, -0.05) is 0 Å². The molecule has 2 atom stereocenters. The van der Waals surface area contributed by atoms with Crippen LogP contribution in [0.15, 0.2) is 0 Å². The molecule has 0 bridgehead atoms. The van der Waals surface area contributed by atoms with Gasteiger partial charge in [-0.2, -0.15) is 0 Å². The zero-order valence-corrected chi connectivity index (χ0v) is 7.66. The lowest BCUT2D eigenvalue weighted by molar-refractivity contribution is 0.0130. The maximum absolute atomic E-state index is 9.41. The van der Waals surface area contributed by atoms with Gasteiger partial charge in [0.15, 0.2) is 0 Å². The smallest absolute Gasteiger partial charge is 0.0799 e. The number of rotatable bonds is 3. The molecule has 1 rings (SSSR count). The van der Waals surface area contributed by atoms with Crippen molar-refractivity contribution >= 4 is 0 Å². The number of hydrogen-bond donors (Lipinski definition) is 3. The van der Waals surface area contributed by atoms with Gasteiger partial charge in [-0.3, -0.25) is 0 Å². The molecule has 1 saturated heterocycles. The summed E-state index contributed by atoms with van der Waals surface area (Å²) < 4.78 is 0. The molecule has 0 aromatic carbocycles. The van der Waals surface area contributed by atoms with Crippen molar-refractivity contribution in [2.75, 3.05) is 13.1 Å². The van der Waals surface area contributed by atoms with Crippen LogP contribution in [0.1, 0.15) is 26.2 Å². The van der Waals surface area contributed by atoms with Gasteiger partial charge in [0.1, 0.15) is 0 Å². The molecule has 1 fully saturated rings. The van der Waals surface area contributed by atoms with Gasteiger partial charge in [0.25, 0.3) is 0 Å². The molecular weight excluding hydrogens is 154 g/mol. The molecule has 12 heavy (non-hydrogen) atoms. The van der Waals surface area contributed by atoms with Crippen molar-refractivity contribution in [2.45, 2.75) is 38.4 Å². The molecule has 72 valence electrons. The van der Waals surface area contributed by atoms with Gasteiger partial charge in [-0.25, -0.2) is 0 Å². The van der Waals surface area contributed by atoms with Crippen molar-refractivity contribution in [1.29, 1.82) is 0 Å². The van der Waals surface area contributed by atoms with E-state index in [4.69, 9.17) is 5.11 Å². The average Bonchev–Trinajstić information content (AvgIpc) is 2.06. The monoisotopic (exact) mass is 173 g/mol. The fourth-order valence-corrected chi connectivity index (χ4v) is 1.66. The van der Waals surface area contributed by atoms with E-state index in [1.54, 1.807) is 6.92 Å². The van der Waals surface area contributed by atoms with Gasteiger partial charge in [0.05, 0.1) is 12.2 Å². The number of aliphatic hydroxyl groups excluding tert-OH is 2. The molecule has 3 heteroatoms. The Labute approximate surface area is 73.8 Å². The van der Waals surface area contributed by atoms with Gasteiger partial charge in [0, 0.05) is 0 Å². The Bertz CT molecular complexity index is 122. The standard InChI is InChI=1S/C9H19NO2/c1-7(11)9(12)6-8-2-4-10-5-3-8/h7-12H,2-6H2,1H3. The number of hydrogen-bond acceptors (Lipinski definition) is 3. The van der Waals surface area contributed by atoms with E-state index in [1.165, 1.54) is 0 Å². The second-order valence-corrected chi connectivity index (χ2v) is 3.74. The van der Waals surface area contributed by atoms with Gasteiger partial charge in [-0.15, -0.1) is 0 Å². The molecular formula is C9H19NO2. The number of aliphatic hydroxyl groups is 2. The van der Waals surface area contributed by atoms with E-state index < -0.39 is 12.2 Å². The molecule has 0 saturated carbocycles. The number of piperidine rings is 1. The predicted octanol–water partition coefficient (Wildman–Crippen LogP) is 0.118. The molecule has 0 spiro atoms. The highest BCUT2D eigenvalue weighted by atomic mass is 16.3. The third-order valence-corrected chi connectivity index (χ3v) is 2.59. The molecule has 0 aromatic rings. The van der Waals surface area contributed by atoms with E-state index in [-0.39, 0.29) is 0 Å². The van der Waals surface area contributed by atoms with Gasteiger partial charge >= 0.3 is 0 Å². The Balaban J connectivity index is 2.20. The maximum atomic E-state index is 9.41. The average molecular weight is 173 g/mol. The zero-order chi connectivity index (χ0) is 8.97. The first-order valence-corrected chi connectivity index (χ1v) is 4.77. The van der Waals surface area contributed by atoms with Crippen LogP contribution in [0.25, 0.3) is 0 Å². The highest BCUT2D eigenvalue weighted by Crippen LogP contribution is 2.18. The Morgan fingerprint density at radius 2 is 1.92 bits per heavy atom. The van der Waals surface area contributed by atoms with Crippen LogP contribution in [0.2, 0.25) is 0 Å². The minimum absolute atomic E-state index is 0.534. The highest BCUT2D eigenvalue weighted by molar-refractivity contribution is 4.73. The molecule has 3 N–H and O–H groups in total. The van der Waals surface area contributed by atoms with Gasteiger partial charge < -0.3 is 15.5 Å². The first-order valence-electron chi connectivity index (χ1n) is 4.77. The van der Waals surface area contributed by atoms with Gasteiger partial charge in [-0.05, 0) is 45.2 Å². The summed E-state index contributed by atoms with van der Waals surface area (Å²) >= 11 is 0. The molecule has 0 amide bonds. The highest BCUT2D eigenvalue weighted by Gasteiger charge is 2.19. The molecule has 3 nitrogen and oxygen atoms in total. The largest absolute Gasteiger partial charge is 0.391 e. The summed E-state index contributed by atoms with van der Waals surface area (Å²) in [4.78, 5) is 0. The van der Waals surface area contributed by atoms with Crippen LogP contribution in [0.3, 0.4) is 0 Å². The molecule has 0 aromatic heterocycles. The summed E-state index contributed by atoms with van der Waals surface area (Å²) in [5, 5.41) is 21.8. The van der Waals surface area contributed by atoms with Crippen LogP contribution in [0, 0.1) is 5.92 Å². The Morgan fingerprint density at radius 1 is 1.33 bits per heavy atom. The van der Waals surface area contributed by atoms with Crippen LogP contribution in [-0.2, 0) is 0 Å². The van der Waals surface area contributed by atoms with E-state index in [0.717, 1.165) is 32.4 Å². The van der Waals surface area contributed by atoms with E-state index in [9.17, 15) is 5.11 Å². The van der Waals surface area contributed by atoms with Crippen molar-refractivity contribution in [2.24, 2.45) is 5.92 Å². The third-order valence-electron chi connectivity index (χ3n) is 2.59. The van der Waals surface area contributed by atoms with E-state index in [2.05, 4.69) is 5.32 Å². The summed E-state index contributed by atoms with van der Waals surface area (Å²) in [5.74, 6) is 0.593. The van der Waals surface area contributed by atoms with Crippen LogP contribution >= 0.6 is 0 Å². The molecule has 0 aliphatic carbocycles. The minimum atomic E-state index is -0.583. The third kappa shape index (κ3) is 3.09. The lowest BCUT2D eigenvalue weighted by Crippen LogP contribution is -2.32. The lowest BCUT2D eigenvalue weighted by Gasteiger charge is -2.25. The lowest BCUT2D eigenvalue weighted by atomic mass is 9.91. The topological polar surface area (TPSA) is 52.5 Å². The van der Waals surface area contributed by atoms with Crippen molar-refractivity contribution < 1.29 is 10.2 Å². The summed E-state index contributed by atoms with van der Waals surface area (Å²) in [6.07, 6.45) is 1.89. The summed E-state index contributed by atoms with van der Waals surface area (Å²) in [7, 11) is 0. The predicted molar refractivity (Wildman–Crippen MR) is 47.9 cm³/mol. The van der Waals surface area contributed by atoms with E-state index in [0.29, 0.717) is 5.92 Å². The molecule has 1 heterocycles. The van der Waals surface area contributed by atoms with Crippen LogP contribution in [-0.4, -0.2) is 35.5 Å². The van der Waals surface area contributed by atoms with E-state index in [1.807, 2.05) is 0 Å². The summed E-state index contributed by atoms with van der Waals surface area (Å²) in [6, 6.07) is 0. The Morgan fingerprint density at radius 3 is 2.42 bits per heavy atom.